The Morgan fingerprint density at radius 2 is 0.976 bits per heavy atom. The van der Waals surface area contributed by atoms with Crippen molar-refractivity contribution in [2.24, 2.45) is 0 Å². The zero-order valence-corrected chi connectivity index (χ0v) is 27.0. The van der Waals surface area contributed by atoms with Crippen LogP contribution in [0.3, 0.4) is 0 Å². The first-order valence-electron chi connectivity index (χ1n) is 17.6. The van der Waals surface area contributed by atoms with E-state index in [1.165, 1.54) is 89.9 Å². The van der Waals surface area contributed by atoms with Gasteiger partial charge in [-0.3, -0.25) is 4.79 Å². The molecule has 4 unspecified atom stereocenters. The summed E-state index contributed by atoms with van der Waals surface area (Å²) in [5, 5.41) is 42.9. The molecule has 0 fully saturated rings. The van der Waals surface area contributed by atoms with Crippen molar-refractivity contribution in [3.05, 3.63) is 12.2 Å². The van der Waals surface area contributed by atoms with Crippen molar-refractivity contribution in [1.82, 2.24) is 5.32 Å². The molecule has 0 aliphatic rings. The highest BCUT2D eigenvalue weighted by Gasteiger charge is 2.28. The predicted molar refractivity (Wildman–Crippen MR) is 173 cm³/mol. The Hall–Kier alpha value is -0.950. The lowest BCUT2D eigenvalue weighted by Gasteiger charge is -2.27. The lowest BCUT2D eigenvalue weighted by atomic mass is 9.99. The average molecular weight is 584 g/mol. The molecule has 0 spiro atoms. The second kappa shape index (κ2) is 30.5. The summed E-state index contributed by atoms with van der Waals surface area (Å²) in [6.07, 6.45) is 29.9. The highest BCUT2D eigenvalue weighted by atomic mass is 16.3. The number of hydrogen-bond acceptors (Lipinski definition) is 5. The maximum Gasteiger partial charge on any atom is 0.249 e. The fourth-order valence-electron chi connectivity index (χ4n) is 5.34. The molecule has 1 amide bonds. The molecule has 0 aromatic rings. The van der Waals surface area contributed by atoms with E-state index in [-0.39, 0.29) is 0 Å². The van der Waals surface area contributed by atoms with Gasteiger partial charge >= 0.3 is 0 Å². The molecule has 41 heavy (non-hydrogen) atoms. The summed E-state index contributed by atoms with van der Waals surface area (Å²) >= 11 is 0. The quantitative estimate of drug-likeness (QED) is 0.0421. The molecule has 0 saturated carbocycles. The molecule has 6 heteroatoms. The van der Waals surface area contributed by atoms with E-state index in [2.05, 4.69) is 31.3 Å². The summed E-state index contributed by atoms with van der Waals surface area (Å²) in [5.74, 6) is -0.595. The molecule has 0 heterocycles. The Balaban J connectivity index is 3.70. The van der Waals surface area contributed by atoms with Gasteiger partial charge in [0.2, 0.25) is 5.91 Å². The van der Waals surface area contributed by atoms with E-state index in [9.17, 15) is 25.2 Å². The van der Waals surface area contributed by atoms with Gasteiger partial charge in [0, 0.05) is 0 Å². The van der Waals surface area contributed by atoms with Crippen molar-refractivity contribution >= 4 is 5.91 Å². The van der Waals surface area contributed by atoms with Crippen molar-refractivity contribution in [3.8, 4) is 0 Å². The Kier molecular flexibility index (Phi) is 29.8. The average Bonchev–Trinajstić information content (AvgIpc) is 2.97. The first-order chi connectivity index (χ1) is 20.0. The number of carbonyl (C=O) groups excluding carboxylic acids is 1. The van der Waals surface area contributed by atoms with E-state index in [0.717, 1.165) is 57.8 Å². The second-order valence-electron chi connectivity index (χ2n) is 12.2. The topological polar surface area (TPSA) is 110 Å². The number of hydrogen-bond donors (Lipinski definition) is 5. The zero-order chi connectivity index (χ0) is 30.4. The fourth-order valence-corrected chi connectivity index (χ4v) is 5.34. The fraction of sp³-hybridized carbons (Fsp3) is 0.914. The third-order valence-electron chi connectivity index (χ3n) is 8.23. The van der Waals surface area contributed by atoms with Crippen LogP contribution in [0.1, 0.15) is 174 Å². The molecule has 0 aromatic carbocycles. The minimum Gasteiger partial charge on any atom is -0.394 e. The number of rotatable bonds is 31. The molecule has 5 N–H and O–H groups in total. The number of aliphatic hydroxyl groups excluding tert-OH is 4. The molecule has 0 aliphatic carbocycles. The minimum absolute atomic E-state index is 0.363. The van der Waals surface area contributed by atoms with Crippen LogP contribution in [-0.4, -0.2) is 57.3 Å². The molecule has 0 rings (SSSR count). The van der Waals surface area contributed by atoms with Gasteiger partial charge in [-0.25, -0.2) is 0 Å². The van der Waals surface area contributed by atoms with Crippen LogP contribution in [0, 0.1) is 0 Å². The number of amides is 1. The number of carbonyl (C=O) groups is 1. The summed E-state index contributed by atoms with van der Waals surface area (Å²) in [4.78, 5) is 12.3. The lowest BCUT2D eigenvalue weighted by Crippen LogP contribution is -2.53. The SMILES string of the molecule is CCCCCCCCCCCC/C=C\CCCCCCCCC(O)C(=O)NC(CO)C(O)C(O)CCCCCCC. The summed E-state index contributed by atoms with van der Waals surface area (Å²) in [6, 6.07) is -0.980. The van der Waals surface area contributed by atoms with Crippen molar-refractivity contribution < 1.29 is 25.2 Å². The molecule has 0 radical (unpaired) electrons. The molecule has 0 bridgehead atoms. The third kappa shape index (κ3) is 25.3. The van der Waals surface area contributed by atoms with E-state index < -0.39 is 36.9 Å². The van der Waals surface area contributed by atoms with Crippen LogP contribution in [0.5, 0.6) is 0 Å². The van der Waals surface area contributed by atoms with Crippen molar-refractivity contribution in [1.29, 1.82) is 0 Å². The minimum atomic E-state index is -1.25. The molecule has 0 aromatic heterocycles. The third-order valence-corrected chi connectivity index (χ3v) is 8.23. The molecule has 4 atom stereocenters. The van der Waals surface area contributed by atoms with Crippen molar-refractivity contribution in [2.45, 2.75) is 199 Å². The van der Waals surface area contributed by atoms with Crippen molar-refractivity contribution in [3.63, 3.8) is 0 Å². The van der Waals surface area contributed by atoms with Crippen LogP contribution in [0.15, 0.2) is 12.2 Å². The molecule has 0 aliphatic heterocycles. The van der Waals surface area contributed by atoms with Gasteiger partial charge in [0.05, 0.1) is 18.8 Å². The van der Waals surface area contributed by atoms with Gasteiger partial charge in [-0.15, -0.1) is 0 Å². The summed E-state index contributed by atoms with van der Waals surface area (Å²) in [5.41, 5.74) is 0. The zero-order valence-electron chi connectivity index (χ0n) is 27.0. The molecule has 244 valence electrons. The number of aliphatic hydroxyl groups is 4. The van der Waals surface area contributed by atoms with Crippen LogP contribution in [0.4, 0.5) is 0 Å². The van der Waals surface area contributed by atoms with Gasteiger partial charge in [0.15, 0.2) is 0 Å². The van der Waals surface area contributed by atoms with Gasteiger partial charge in [-0.05, 0) is 38.5 Å². The Bertz CT molecular complexity index is 585. The maximum absolute atomic E-state index is 12.3. The first-order valence-corrected chi connectivity index (χ1v) is 17.6. The number of allylic oxidation sites excluding steroid dienone is 2. The smallest absolute Gasteiger partial charge is 0.249 e. The predicted octanol–water partition coefficient (Wildman–Crippen LogP) is 7.89. The van der Waals surface area contributed by atoms with Gasteiger partial charge in [0.25, 0.3) is 0 Å². The largest absolute Gasteiger partial charge is 0.394 e. The lowest BCUT2D eigenvalue weighted by molar-refractivity contribution is -0.132. The number of unbranched alkanes of at least 4 members (excludes halogenated alkanes) is 20. The Morgan fingerprint density at radius 1 is 0.585 bits per heavy atom. The van der Waals surface area contributed by atoms with Crippen LogP contribution in [0.25, 0.3) is 0 Å². The Labute approximate surface area is 253 Å². The standard InChI is InChI=1S/C35H69NO5/c1-3-5-7-9-10-11-12-13-14-15-16-17-18-19-20-21-22-23-25-27-29-33(39)35(41)36-31(30-37)34(40)32(38)28-26-24-8-6-4-2/h17-18,31-34,37-40H,3-16,19-30H2,1-2H3,(H,36,41)/b18-17-. The Morgan fingerprint density at radius 3 is 1.41 bits per heavy atom. The normalized spacial score (nSPS) is 14.8. The molecular weight excluding hydrogens is 514 g/mol. The van der Waals surface area contributed by atoms with Crippen LogP contribution >= 0.6 is 0 Å². The maximum atomic E-state index is 12.3. The first kappa shape index (κ1) is 40.1. The molecule has 0 saturated heterocycles. The van der Waals surface area contributed by atoms with Crippen LogP contribution in [-0.2, 0) is 4.79 Å². The molecular formula is C35H69NO5. The van der Waals surface area contributed by atoms with Crippen LogP contribution < -0.4 is 5.32 Å². The van der Waals surface area contributed by atoms with Gasteiger partial charge in [0.1, 0.15) is 12.2 Å². The highest BCUT2D eigenvalue weighted by Crippen LogP contribution is 2.14. The van der Waals surface area contributed by atoms with E-state index in [1.807, 2.05) is 0 Å². The molecule has 6 nitrogen and oxygen atoms in total. The number of nitrogens with one attached hydrogen (secondary N) is 1. The highest BCUT2D eigenvalue weighted by molar-refractivity contribution is 5.80. The monoisotopic (exact) mass is 584 g/mol. The van der Waals surface area contributed by atoms with Crippen molar-refractivity contribution in [2.75, 3.05) is 6.61 Å². The van der Waals surface area contributed by atoms with E-state index in [4.69, 9.17) is 0 Å². The summed E-state index contributed by atoms with van der Waals surface area (Å²) < 4.78 is 0. The van der Waals surface area contributed by atoms with Gasteiger partial charge in [-0.1, -0.05) is 148 Å². The summed E-state index contributed by atoms with van der Waals surface area (Å²) in [7, 11) is 0. The van der Waals surface area contributed by atoms with Gasteiger partial charge < -0.3 is 25.7 Å². The van der Waals surface area contributed by atoms with Crippen LogP contribution in [0.2, 0.25) is 0 Å². The van der Waals surface area contributed by atoms with E-state index in [1.54, 1.807) is 0 Å². The van der Waals surface area contributed by atoms with E-state index >= 15 is 0 Å². The van der Waals surface area contributed by atoms with Gasteiger partial charge in [-0.2, -0.15) is 0 Å². The van der Waals surface area contributed by atoms with E-state index in [0.29, 0.717) is 12.8 Å². The second-order valence-corrected chi connectivity index (χ2v) is 12.2. The summed E-state index contributed by atoms with van der Waals surface area (Å²) in [6.45, 7) is 3.93.